The second-order valence-corrected chi connectivity index (χ2v) is 7.60. The van der Waals surface area contributed by atoms with Crippen LogP contribution in [0.15, 0.2) is 35.9 Å². The van der Waals surface area contributed by atoms with E-state index in [9.17, 15) is 4.79 Å². The highest BCUT2D eigenvalue weighted by atomic mass is 16.5. The van der Waals surface area contributed by atoms with Crippen molar-refractivity contribution in [3.63, 3.8) is 0 Å². The minimum atomic E-state index is -0.0948. The van der Waals surface area contributed by atoms with E-state index >= 15 is 0 Å². The minimum absolute atomic E-state index is 0.00444. The molecule has 120 valence electrons. The highest BCUT2D eigenvalue weighted by Crippen LogP contribution is 2.30. The largest absolute Gasteiger partial charge is 0.426 e. The number of carbonyl (C=O) groups is 1. The normalized spacial score (nSPS) is 19.0. The van der Waals surface area contributed by atoms with Crippen LogP contribution in [-0.4, -0.2) is 5.97 Å². The molecule has 0 radical (unpaired) electrons. The minimum Gasteiger partial charge on any atom is -0.426 e. The smallest absolute Gasteiger partial charge is 0.314 e. The molecule has 0 aromatic heterocycles. The third-order valence-electron chi connectivity index (χ3n) is 4.46. The number of rotatable bonds is 3. The molecule has 2 nitrogen and oxygen atoms in total. The lowest BCUT2D eigenvalue weighted by Crippen LogP contribution is -2.23. The molecule has 0 heterocycles. The van der Waals surface area contributed by atoms with Crippen LogP contribution >= 0.6 is 0 Å². The Labute approximate surface area is 134 Å². The molecule has 0 aliphatic heterocycles. The summed E-state index contributed by atoms with van der Waals surface area (Å²) in [4.78, 5) is 12.3. The standard InChI is InChI=1S/C20H28O2/c1-14(2)15-6-8-16(9-7-15)19(21)22-18-12-10-17(11-13-18)20(3,4)5/h6,10-14,16H,7-9H2,1-5H3. The number of benzene rings is 1. The van der Waals surface area contributed by atoms with Crippen LogP contribution in [-0.2, 0) is 10.2 Å². The lowest BCUT2D eigenvalue weighted by Gasteiger charge is -2.23. The molecule has 1 aliphatic rings. The van der Waals surface area contributed by atoms with Gasteiger partial charge in [-0.2, -0.15) is 0 Å². The van der Waals surface area contributed by atoms with Crippen molar-refractivity contribution in [2.24, 2.45) is 11.8 Å². The van der Waals surface area contributed by atoms with E-state index in [1.54, 1.807) is 0 Å². The summed E-state index contributed by atoms with van der Waals surface area (Å²) < 4.78 is 5.55. The lowest BCUT2D eigenvalue weighted by molar-refractivity contribution is -0.139. The number of hydrogen-bond donors (Lipinski definition) is 0. The Balaban J connectivity index is 1.96. The summed E-state index contributed by atoms with van der Waals surface area (Å²) in [7, 11) is 0. The maximum atomic E-state index is 12.3. The lowest BCUT2D eigenvalue weighted by atomic mass is 9.85. The first-order chi connectivity index (χ1) is 10.3. The van der Waals surface area contributed by atoms with Gasteiger partial charge in [0.1, 0.15) is 5.75 Å². The highest BCUT2D eigenvalue weighted by Gasteiger charge is 2.24. The van der Waals surface area contributed by atoms with Crippen molar-refractivity contribution < 1.29 is 9.53 Å². The van der Waals surface area contributed by atoms with Crippen LogP contribution in [0, 0.1) is 11.8 Å². The van der Waals surface area contributed by atoms with E-state index in [0.29, 0.717) is 11.7 Å². The van der Waals surface area contributed by atoms with Crippen LogP contribution in [0.3, 0.4) is 0 Å². The summed E-state index contributed by atoms with van der Waals surface area (Å²) in [6.07, 6.45) is 4.96. The van der Waals surface area contributed by atoms with Crippen molar-refractivity contribution in [3.05, 3.63) is 41.5 Å². The van der Waals surface area contributed by atoms with Gasteiger partial charge in [-0.3, -0.25) is 4.79 Å². The zero-order valence-electron chi connectivity index (χ0n) is 14.5. The summed E-state index contributed by atoms with van der Waals surface area (Å²) in [5.41, 5.74) is 2.83. The van der Waals surface area contributed by atoms with Crippen LogP contribution in [0.4, 0.5) is 0 Å². The van der Waals surface area contributed by atoms with E-state index in [1.807, 2.05) is 24.3 Å². The van der Waals surface area contributed by atoms with E-state index in [2.05, 4.69) is 40.7 Å². The molecular formula is C20H28O2. The predicted molar refractivity (Wildman–Crippen MR) is 91.0 cm³/mol. The summed E-state index contributed by atoms with van der Waals surface area (Å²) in [5.74, 6) is 1.14. The zero-order chi connectivity index (χ0) is 16.3. The van der Waals surface area contributed by atoms with Gasteiger partial charge in [0.05, 0.1) is 5.92 Å². The summed E-state index contributed by atoms with van der Waals surface area (Å²) in [6, 6.07) is 7.88. The average Bonchev–Trinajstić information content (AvgIpc) is 2.47. The summed E-state index contributed by atoms with van der Waals surface area (Å²) in [5, 5.41) is 0. The molecular weight excluding hydrogens is 272 g/mol. The third kappa shape index (κ3) is 4.22. The van der Waals surface area contributed by atoms with Crippen molar-refractivity contribution in [3.8, 4) is 5.75 Å². The second-order valence-electron chi connectivity index (χ2n) is 7.60. The first kappa shape index (κ1) is 16.8. The Morgan fingerprint density at radius 2 is 1.82 bits per heavy atom. The van der Waals surface area contributed by atoms with E-state index in [1.165, 1.54) is 11.1 Å². The molecule has 1 atom stereocenters. The van der Waals surface area contributed by atoms with E-state index in [-0.39, 0.29) is 17.3 Å². The van der Waals surface area contributed by atoms with Crippen molar-refractivity contribution in [1.29, 1.82) is 0 Å². The van der Waals surface area contributed by atoms with Crippen LogP contribution in [0.2, 0.25) is 0 Å². The molecule has 2 rings (SSSR count). The molecule has 0 bridgehead atoms. The first-order valence-corrected chi connectivity index (χ1v) is 8.28. The summed E-state index contributed by atoms with van der Waals surface area (Å²) in [6.45, 7) is 10.9. The van der Waals surface area contributed by atoms with Crippen LogP contribution in [0.25, 0.3) is 0 Å². The molecule has 1 unspecified atom stereocenters. The monoisotopic (exact) mass is 300 g/mol. The zero-order valence-corrected chi connectivity index (χ0v) is 14.5. The van der Waals surface area contributed by atoms with E-state index in [0.717, 1.165) is 19.3 Å². The number of esters is 1. The van der Waals surface area contributed by atoms with Crippen molar-refractivity contribution in [2.45, 2.75) is 59.3 Å². The van der Waals surface area contributed by atoms with Crippen molar-refractivity contribution >= 4 is 5.97 Å². The molecule has 1 aliphatic carbocycles. The van der Waals surface area contributed by atoms with Crippen LogP contribution in [0.1, 0.15) is 59.4 Å². The number of carbonyl (C=O) groups excluding carboxylic acids is 1. The van der Waals surface area contributed by atoms with Crippen LogP contribution in [0.5, 0.6) is 5.75 Å². The van der Waals surface area contributed by atoms with Gasteiger partial charge in [0.15, 0.2) is 0 Å². The number of allylic oxidation sites excluding steroid dienone is 2. The quantitative estimate of drug-likeness (QED) is 0.432. The predicted octanol–water partition coefficient (Wildman–Crippen LogP) is 5.27. The Bertz CT molecular complexity index is 544. The molecule has 2 heteroatoms. The molecule has 0 saturated heterocycles. The fraction of sp³-hybridized carbons (Fsp3) is 0.550. The molecule has 22 heavy (non-hydrogen) atoms. The SMILES string of the molecule is CC(C)C1=CCC(C(=O)Oc2ccc(C(C)(C)C)cc2)CC1. The fourth-order valence-electron chi connectivity index (χ4n) is 2.82. The van der Waals surface area contributed by atoms with Gasteiger partial charge < -0.3 is 4.74 Å². The molecule has 0 spiro atoms. The first-order valence-electron chi connectivity index (χ1n) is 8.28. The molecule has 0 amide bonds. The molecule has 1 aromatic rings. The van der Waals surface area contributed by atoms with Crippen LogP contribution < -0.4 is 4.74 Å². The van der Waals surface area contributed by atoms with Gasteiger partial charge in [0.2, 0.25) is 0 Å². The van der Waals surface area contributed by atoms with Gasteiger partial charge in [-0.1, -0.05) is 58.4 Å². The Hall–Kier alpha value is -1.57. The van der Waals surface area contributed by atoms with Gasteiger partial charge in [0, 0.05) is 0 Å². The number of hydrogen-bond acceptors (Lipinski definition) is 2. The van der Waals surface area contributed by atoms with Gasteiger partial charge in [-0.25, -0.2) is 0 Å². The van der Waals surface area contributed by atoms with Gasteiger partial charge in [-0.15, -0.1) is 0 Å². The van der Waals surface area contributed by atoms with Crippen molar-refractivity contribution in [2.75, 3.05) is 0 Å². The van der Waals surface area contributed by atoms with Gasteiger partial charge >= 0.3 is 5.97 Å². The molecule has 0 N–H and O–H groups in total. The average molecular weight is 300 g/mol. The molecule has 0 saturated carbocycles. The molecule has 0 fully saturated rings. The Morgan fingerprint density at radius 3 is 2.27 bits per heavy atom. The van der Waals surface area contributed by atoms with Gasteiger partial charge in [-0.05, 0) is 48.3 Å². The second kappa shape index (κ2) is 6.68. The maximum absolute atomic E-state index is 12.3. The van der Waals surface area contributed by atoms with E-state index in [4.69, 9.17) is 4.74 Å². The third-order valence-corrected chi connectivity index (χ3v) is 4.46. The Kier molecular flexibility index (Phi) is 5.10. The molecule has 1 aromatic carbocycles. The maximum Gasteiger partial charge on any atom is 0.314 e. The van der Waals surface area contributed by atoms with Gasteiger partial charge in [0.25, 0.3) is 0 Å². The number of ether oxygens (including phenoxy) is 1. The van der Waals surface area contributed by atoms with E-state index < -0.39 is 0 Å². The topological polar surface area (TPSA) is 26.3 Å². The fourth-order valence-corrected chi connectivity index (χ4v) is 2.82. The highest BCUT2D eigenvalue weighted by molar-refractivity contribution is 5.75. The Morgan fingerprint density at radius 1 is 1.18 bits per heavy atom. The van der Waals surface area contributed by atoms with Crippen molar-refractivity contribution in [1.82, 2.24) is 0 Å². The summed E-state index contributed by atoms with van der Waals surface area (Å²) >= 11 is 0.